The summed E-state index contributed by atoms with van der Waals surface area (Å²) < 4.78 is 15.4. The molecule has 1 heterocycles. The average molecular weight is 311 g/mol. The Labute approximate surface area is 127 Å². The van der Waals surface area contributed by atoms with Crippen molar-refractivity contribution >= 4 is 17.5 Å². The fourth-order valence-electron chi connectivity index (χ4n) is 2.38. The van der Waals surface area contributed by atoms with Crippen LogP contribution in [-0.4, -0.2) is 45.0 Å². The normalized spacial score (nSPS) is 17.0. The lowest BCUT2D eigenvalue weighted by Crippen LogP contribution is -2.36. The first kappa shape index (κ1) is 15.6. The van der Waals surface area contributed by atoms with Crippen LogP contribution in [0.5, 0.6) is 5.75 Å². The van der Waals surface area contributed by atoms with Gasteiger partial charge in [0.15, 0.2) is 6.29 Å². The van der Waals surface area contributed by atoms with Crippen molar-refractivity contribution in [3.63, 3.8) is 0 Å². The van der Waals surface area contributed by atoms with Crippen molar-refractivity contribution in [3.05, 3.63) is 28.3 Å². The van der Waals surface area contributed by atoms with Gasteiger partial charge in [-0.05, 0) is 12.1 Å². The fraction of sp³-hybridized carbons (Fsp3) is 0.429. The van der Waals surface area contributed by atoms with Crippen LogP contribution in [-0.2, 0) is 9.47 Å². The molecule has 1 aromatic carbocycles. The molecule has 0 spiro atoms. The van der Waals surface area contributed by atoms with E-state index in [-0.39, 0.29) is 12.5 Å². The molecule has 6 nitrogen and oxygen atoms in total. The van der Waals surface area contributed by atoms with E-state index in [9.17, 15) is 10.1 Å². The number of carbonyl (C=O) groups is 1. The van der Waals surface area contributed by atoms with Gasteiger partial charge >= 0.3 is 0 Å². The second-order valence-corrected chi connectivity index (χ2v) is 4.84. The van der Waals surface area contributed by atoms with E-state index in [0.717, 1.165) is 0 Å². The maximum atomic E-state index is 12.6. The maximum Gasteiger partial charge on any atom is 0.259 e. The highest BCUT2D eigenvalue weighted by molar-refractivity contribution is 6.32. The van der Waals surface area contributed by atoms with E-state index in [1.165, 1.54) is 26.2 Å². The summed E-state index contributed by atoms with van der Waals surface area (Å²) in [6, 6.07) is 4.54. The SMILES string of the molecule is COc1ccc(Cl)c2c1C(=O)N(CC(OC)OC)C2C#N. The molecule has 1 atom stereocenters. The Morgan fingerprint density at radius 2 is 2.05 bits per heavy atom. The molecule has 7 heteroatoms. The van der Waals surface area contributed by atoms with Gasteiger partial charge in [0.2, 0.25) is 0 Å². The molecule has 1 aliphatic rings. The third kappa shape index (κ3) is 2.56. The number of amides is 1. The summed E-state index contributed by atoms with van der Waals surface area (Å²) in [5, 5.41) is 9.78. The lowest BCUT2D eigenvalue weighted by Gasteiger charge is -2.24. The molecule has 1 amide bonds. The summed E-state index contributed by atoms with van der Waals surface area (Å²) >= 11 is 6.16. The number of carbonyl (C=O) groups excluding carboxylic acids is 1. The molecule has 0 saturated heterocycles. The Kier molecular flexibility index (Phi) is 4.68. The number of methoxy groups -OCH3 is 3. The van der Waals surface area contributed by atoms with E-state index >= 15 is 0 Å². The molecule has 0 radical (unpaired) electrons. The van der Waals surface area contributed by atoms with E-state index in [1.807, 2.05) is 0 Å². The quantitative estimate of drug-likeness (QED) is 0.778. The molecule has 0 N–H and O–H groups in total. The minimum Gasteiger partial charge on any atom is -0.496 e. The molecule has 0 aliphatic carbocycles. The van der Waals surface area contributed by atoms with Crippen LogP contribution < -0.4 is 4.74 Å². The van der Waals surface area contributed by atoms with Crippen LogP contribution in [0.2, 0.25) is 5.02 Å². The van der Waals surface area contributed by atoms with Crippen LogP contribution in [0.3, 0.4) is 0 Å². The zero-order chi connectivity index (χ0) is 15.6. The monoisotopic (exact) mass is 310 g/mol. The van der Waals surface area contributed by atoms with Gasteiger partial charge in [-0.2, -0.15) is 5.26 Å². The summed E-state index contributed by atoms with van der Waals surface area (Å²) in [6.07, 6.45) is -0.621. The molecule has 0 aromatic heterocycles. The molecule has 1 unspecified atom stereocenters. The first-order valence-electron chi connectivity index (χ1n) is 6.21. The number of nitriles is 1. The molecule has 2 rings (SSSR count). The van der Waals surface area contributed by atoms with Crippen LogP contribution in [0.25, 0.3) is 0 Å². The summed E-state index contributed by atoms with van der Waals surface area (Å²) in [5.41, 5.74) is 0.789. The predicted molar refractivity (Wildman–Crippen MR) is 75.2 cm³/mol. The first-order chi connectivity index (χ1) is 10.1. The molecule has 1 aliphatic heterocycles. The minimum absolute atomic E-state index is 0.123. The van der Waals surface area contributed by atoms with Gasteiger partial charge in [-0.1, -0.05) is 11.6 Å². The molecule has 0 bridgehead atoms. The summed E-state index contributed by atoms with van der Waals surface area (Å²) in [6.45, 7) is 0.123. The van der Waals surface area contributed by atoms with Crippen molar-refractivity contribution in [1.82, 2.24) is 4.90 Å². The number of benzene rings is 1. The number of halogens is 1. The van der Waals surface area contributed by atoms with Gasteiger partial charge in [-0.15, -0.1) is 0 Å². The third-order valence-corrected chi connectivity index (χ3v) is 3.76. The second-order valence-electron chi connectivity index (χ2n) is 4.43. The topological polar surface area (TPSA) is 71.8 Å². The molecule has 112 valence electrons. The fourth-order valence-corrected chi connectivity index (χ4v) is 2.64. The summed E-state index contributed by atoms with van der Waals surface area (Å²) in [4.78, 5) is 14.0. The summed E-state index contributed by atoms with van der Waals surface area (Å²) in [7, 11) is 4.40. The van der Waals surface area contributed by atoms with Crippen molar-refractivity contribution in [3.8, 4) is 11.8 Å². The van der Waals surface area contributed by atoms with E-state index in [4.69, 9.17) is 25.8 Å². The second kappa shape index (κ2) is 6.31. The van der Waals surface area contributed by atoms with E-state index in [1.54, 1.807) is 12.1 Å². The van der Waals surface area contributed by atoms with Crippen LogP contribution in [0.15, 0.2) is 12.1 Å². The van der Waals surface area contributed by atoms with Crippen molar-refractivity contribution in [2.24, 2.45) is 0 Å². The minimum atomic E-state index is -0.789. The van der Waals surface area contributed by atoms with Gasteiger partial charge in [0.1, 0.15) is 11.8 Å². The highest BCUT2D eigenvalue weighted by Crippen LogP contribution is 2.42. The van der Waals surface area contributed by atoms with Crippen molar-refractivity contribution in [2.75, 3.05) is 27.9 Å². The lowest BCUT2D eigenvalue weighted by atomic mass is 10.0. The van der Waals surface area contributed by atoms with Crippen molar-refractivity contribution < 1.29 is 19.0 Å². The van der Waals surface area contributed by atoms with Crippen molar-refractivity contribution in [1.29, 1.82) is 5.26 Å². The number of fused-ring (bicyclic) bond motifs is 1. The highest BCUT2D eigenvalue weighted by Gasteiger charge is 2.41. The van der Waals surface area contributed by atoms with E-state index in [0.29, 0.717) is 21.9 Å². The van der Waals surface area contributed by atoms with Gasteiger partial charge in [0, 0.05) is 24.8 Å². The van der Waals surface area contributed by atoms with Crippen molar-refractivity contribution in [2.45, 2.75) is 12.3 Å². The molecular weight excluding hydrogens is 296 g/mol. The van der Waals surface area contributed by atoms with Gasteiger partial charge in [-0.3, -0.25) is 4.79 Å². The van der Waals surface area contributed by atoms with Crippen LogP contribution in [0.4, 0.5) is 0 Å². The first-order valence-corrected chi connectivity index (χ1v) is 6.59. The molecule has 0 saturated carbocycles. The zero-order valence-corrected chi connectivity index (χ0v) is 12.7. The van der Waals surface area contributed by atoms with Crippen LogP contribution >= 0.6 is 11.6 Å². The average Bonchev–Trinajstić information content (AvgIpc) is 2.79. The van der Waals surface area contributed by atoms with Gasteiger partial charge in [0.25, 0.3) is 5.91 Å². The zero-order valence-electron chi connectivity index (χ0n) is 11.9. The molecule has 0 fully saturated rings. The standard InChI is InChI=1S/C14H15ClN2O4/c1-19-10-5-4-8(15)12-9(6-16)17(14(18)13(10)12)7-11(20-2)21-3/h4-5,9,11H,7H2,1-3H3. The summed E-state index contributed by atoms with van der Waals surface area (Å²) in [5.74, 6) is 0.0727. The smallest absolute Gasteiger partial charge is 0.259 e. The lowest BCUT2D eigenvalue weighted by molar-refractivity contribution is -0.113. The number of hydrogen-bond donors (Lipinski definition) is 0. The number of nitrogens with zero attached hydrogens (tertiary/aromatic N) is 2. The number of rotatable bonds is 5. The molecule has 1 aromatic rings. The Morgan fingerprint density at radius 3 is 2.57 bits per heavy atom. The Bertz CT molecular complexity index is 595. The largest absolute Gasteiger partial charge is 0.496 e. The van der Waals surface area contributed by atoms with Crippen LogP contribution in [0.1, 0.15) is 22.0 Å². The predicted octanol–water partition coefficient (Wildman–Crippen LogP) is 1.99. The molecular formula is C14H15ClN2O4. The Hall–Kier alpha value is -1.81. The number of hydrogen-bond acceptors (Lipinski definition) is 5. The van der Waals surface area contributed by atoms with Gasteiger partial charge in [0.05, 0.1) is 25.3 Å². The molecule has 21 heavy (non-hydrogen) atoms. The third-order valence-electron chi connectivity index (χ3n) is 3.43. The van der Waals surface area contributed by atoms with Crippen LogP contribution in [0, 0.1) is 11.3 Å². The Morgan fingerprint density at radius 1 is 1.38 bits per heavy atom. The maximum absolute atomic E-state index is 12.6. The van der Waals surface area contributed by atoms with Gasteiger partial charge in [-0.25, -0.2) is 0 Å². The Balaban J connectivity index is 2.48. The number of ether oxygens (including phenoxy) is 3. The van der Waals surface area contributed by atoms with E-state index in [2.05, 4.69) is 6.07 Å². The van der Waals surface area contributed by atoms with E-state index < -0.39 is 12.3 Å². The van der Waals surface area contributed by atoms with Gasteiger partial charge < -0.3 is 19.1 Å². The highest BCUT2D eigenvalue weighted by atomic mass is 35.5.